The molecule has 1 aliphatic rings. The van der Waals surface area contributed by atoms with E-state index in [9.17, 15) is 13.2 Å². The van der Waals surface area contributed by atoms with Crippen LogP contribution in [0.4, 0.5) is 0 Å². The molecule has 0 aromatic carbocycles. The number of carbonyl (C=O) groups excluding carboxylic acids is 1. The molecular weight excluding hydrogens is 382 g/mol. The second-order valence-electron chi connectivity index (χ2n) is 6.77. The van der Waals surface area contributed by atoms with Crippen LogP contribution in [-0.2, 0) is 21.2 Å². The summed E-state index contributed by atoms with van der Waals surface area (Å²) >= 11 is 1.24. The summed E-state index contributed by atoms with van der Waals surface area (Å²) in [6.07, 6.45) is 3.32. The van der Waals surface area contributed by atoms with Gasteiger partial charge in [-0.15, -0.1) is 23.7 Å². The first-order chi connectivity index (χ1) is 11.3. The van der Waals surface area contributed by atoms with Gasteiger partial charge in [0.25, 0.3) is 0 Å². The molecule has 0 saturated heterocycles. The maximum atomic E-state index is 12.3. The molecule has 1 fully saturated rings. The van der Waals surface area contributed by atoms with E-state index in [1.165, 1.54) is 11.3 Å². The summed E-state index contributed by atoms with van der Waals surface area (Å²) in [5.41, 5.74) is 5.93. The van der Waals surface area contributed by atoms with E-state index < -0.39 is 10.0 Å². The predicted molar refractivity (Wildman–Crippen MR) is 104 cm³/mol. The molecule has 1 amide bonds. The molecular formula is C16H28ClN3O3S2. The lowest BCUT2D eigenvalue weighted by Gasteiger charge is -2.11. The van der Waals surface area contributed by atoms with Crippen molar-refractivity contribution in [1.29, 1.82) is 0 Å². The van der Waals surface area contributed by atoms with Crippen LogP contribution < -0.4 is 15.8 Å². The third kappa shape index (κ3) is 7.62. The Morgan fingerprint density at radius 3 is 2.64 bits per heavy atom. The number of carbonyl (C=O) groups is 1. The van der Waals surface area contributed by atoms with Crippen LogP contribution in [0.5, 0.6) is 0 Å². The molecule has 0 radical (unpaired) electrons. The summed E-state index contributed by atoms with van der Waals surface area (Å²) in [5.74, 6) is 0.822. The van der Waals surface area contributed by atoms with Crippen molar-refractivity contribution in [1.82, 2.24) is 10.0 Å². The van der Waals surface area contributed by atoms with Crippen molar-refractivity contribution >= 4 is 39.7 Å². The SMILES string of the molecule is CC(C)CC(=O)NCCc1ccc(S(=O)(=O)NCC(N)C2CC2)s1.Cl. The van der Waals surface area contributed by atoms with Gasteiger partial charge in [0.05, 0.1) is 0 Å². The Kier molecular flexibility index (Phi) is 8.83. The number of amides is 1. The highest BCUT2D eigenvalue weighted by Crippen LogP contribution is 2.31. The maximum Gasteiger partial charge on any atom is 0.250 e. The molecule has 1 atom stereocenters. The first kappa shape index (κ1) is 22.4. The Bertz CT molecular complexity index is 657. The van der Waals surface area contributed by atoms with E-state index in [-0.39, 0.29) is 30.9 Å². The molecule has 1 unspecified atom stereocenters. The Hall–Kier alpha value is -0.670. The lowest BCUT2D eigenvalue weighted by atomic mass is 10.1. The van der Waals surface area contributed by atoms with Gasteiger partial charge in [0.1, 0.15) is 4.21 Å². The predicted octanol–water partition coefficient (Wildman–Crippen LogP) is 1.89. The molecule has 1 aromatic rings. The molecule has 9 heteroatoms. The van der Waals surface area contributed by atoms with Crippen molar-refractivity contribution in [2.75, 3.05) is 13.1 Å². The summed E-state index contributed by atoms with van der Waals surface area (Å²) in [6, 6.07) is 3.31. The van der Waals surface area contributed by atoms with Gasteiger partial charge in [-0.25, -0.2) is 13.1 Å². The second-order valence-corrected chi connectivity index (χ2v) is 9.93. The minimum Gasteiger partial charge on any atom is -0.356 e. The first-order valence-corrected chi connectivity index (χ1v) is 10.7. The fraction of sp³-hybridized carbons (Fsp3) is 0.688. The lowest BCUT2D eigenvalue weighted by molar-refractivity contribution is -0.121. The number of rotatable bonds is 10. The van der Waals surface area contributed by atoms with Crippen LogP contribution in [0.2, 0.25) is 0 Å². The Morgan fingerprint density at radius 2 is 2.04 bits per heavy atom. The molecule has 1 aromatic heterocycles. The van der Waals surface area contributed by atoms with Crippen LogP contribution in [0.1, 0.15) is 38.0 Å². The van der Waals surface area contributed by atoms with Gasteiger partial charge in [0.2, 0.25) is 15.9 Å². The Balaban J connectivity index is 0.00000312. The second kappa shape index (κ2) is 9.87. The molecule has 0 bridgehead atoms. The molecule has 0 spiro atoms. The van der Waals surface area contributed by atoms with Gasteiger partial charge < -0.3 is 11.1 Å². The van der Waals surface area contributed by atoms with Crippen LogP contribution in [0.15, 0.2) is 16.3 Å². The highest BCUT2D eigenvalue weighted by molar-refractivity contribution is 7.91. The fourth-order valence-corrected chi connectivity index (χ4v) is 4.85. The number of hydrogen-bond donors (Lipinski definition) is 3. The van der Waals surface area contributed by atoms with Crippen LogP contribution in [-0.4, -0.2) is 33.5 Å². The van der Waals surface area contributed by atoms with E-state index >= 15 is 0 Å². The summed E-state index contributed by atoms with van der Waals surface area (Å²) in [5, 5.41) is 2.86. The van der Waals surface area contributed by atoms with Gasteiger partial charge in [-0.2, -0.15) is 0 Å². The van der Waals surface area contributed by atoms with E-state index in [1.807, 2.05) is 13.8 Å². The van der Waals surface area contributed by atoms with Crippen LogP contribution in [0.25, 0.3) is 0 Å². The van der Waals surface area contributed by atoms with E-state index in [0.29, 0.717) is 35.4 Å². The van der Waals surface area contributed by atoms with Gasteiger partial charge in [0, 0.05) is 30.4 Å². The lowest BCUT2D eigenvalue weighted by Crippen LogP contribution is -2.38. The smallest absolute Gasteiger partial charge is 0.250 e. The molecule has 1 saturated carbocycles. The quantitative estimate of drug-likeness (QED) is 0.549. The van der Waals surface area contributed by atoms with Gasteiger partial charge in [-0.05, 0) is 43.2 Å². The molecule has 1 heterocycles. The van der Waals surface area contributed by atoms with Crippen LogP contribution >= 0.6 is 23.7 Å². The number of hydrogen-bond acceptors (Lipinski definition) is 5. The maximum absolute atomic E-state index is 12.3. The average Bonchev–Trinajstić information content (AvgIpc) is 3.23. The van der Waals surface area contributed by atoms with Crippen molar-refractivity contribution in [2.45, 2.75) is 49.8 Å². The fourth-order valence-electron chi connectivity index (χ4n) is 2.37. The summed E-state index contributed by atoms with van der Waals surface area (Å²) in [7, 11) is -3.50. The van der Waals surface area contributed by atoms with Crippen molar-refractivity contribution < 1.29 is 13.2 Å². The monoisotopic (exact) mass is 409 g/mol. The molecule has 2 rings (SSSR count). The van der Waals surface area contributed by atoms with Crippen molar-refractivity contribution in [3.63, 3.8) is 0 Å². The van der Waals surface area contributed by atoms with Crippen molar-refractivity contribution in [3.8, 4) is 0 Å². The number of halogens is 1. The zero-order chi connectivity index (χ0) is 17.7. The molecule has 0 aliphatic heterocycles. The van der Waals surface area contributed by atoms with Crippen molar-refractivity contribution in [3.05, 3.63) is 17.0 Å². The standard InChI is InChI=1S/C16H27N3O3S2.ClH/c1-11(2)9-15(20)18-8-7-13-5-6-16(23-13)24(21,22)19-10-14(17)12-3-4-12;/h5-6,11-12,14,19H,3-4,7-10,17H2,1-2H3,(H,18,20);1H. The molecule has 25 heavy (non-hydrogen) atoms. The Morgan fingerprint density at radius 1 is 1.36 bits per heavy atom. The van der Waals surface area contributed by atoms with Gasteiger partial charge in [-0.3, -0.25) is 4.79 Å². The highest BCUT2D eigenvalue weighted by Gasteiger charge is 2.29. The largest absolute Gasteiger partial charge is 0.356 e. The molecule has 6 nitrogen and oxygen atoms in total. The molecule has 4 N–H and O–H groups in total. The number of thiophene rings is 1. The van der Waals surface area contributed by atoms with E-state index in [4.69, 9.17) is 5.73 Å². The van der Waals surface area contributed by atoms with E-state index in [0.717, 1.165) is 17.7 Å². The number of nitrogens with one attached hydrogen (secondary N) is 2. The normalized spacial score (nSPS) is 15.7. The van der Waals surface area contributed by atoms with Gasteiger partial charge in [0.15, 0.2) is 0 Å². The molecule has 1 aliphatic carbocycles. The summed E-state index contributed by atoms with van der Waals surface area (Å²) < 4.78 is 27.4. The Labute approximate surface area is 160 Å². The third-order valence-electron chi connectivity index (χ3n) is 3.93. The average molecular weight is 410 g/mol. The highest BCUT2D eigenvalue weighted by atomic mass is 35.5. The number of nitrogens with two attached hydrogens (primary N) is 1. The summed E-state index contributed by atoms with van der Waals surface area (Å²) in [6.45, 7) is 4.80. The zero-order valence-electron chi connectivity index (χ0n) is 14.7. The van der Waals surface area contributed by atoms with Crippen LogP contribution in [0, 0.1) is 11.8 Å². The minimum absolute atomic E-state index is 0. The third-order valence-corrected chi connectivity index (χ3v) is 6.99. The topological polar surface area (TPSA) is 101 Å². The summed E-state index contributed by atoms with van der Waals surface area (Å²) in [4.78, 5) is 12.5. The zero-order valence-corrected chi connectivity index (χ0v) is 17.1. The van der Waals surface area contributed by atoms with Crippen molar-refractivity contribution in [2.24, 2.45) is 17.6 Å². The molecule has 144 valence electrons. The number of sulfonamides is 1. The van der Waals surface area contributed by atoms with Crippen LogP contribution in [0.3, 0.4) is 0 Å². The van der Waals surface area contributed by atoms with E-state index in [2.05, 4.69) is 10.0 Å². The van der Waals surface area contributed by atoms with E-state index in [1.54, 1.807) is 12.1 Å². The minimum atomic E-state index is -3.50. The van der Waals surface area contributed by atoms with Gasteiger partial charge >= 0.3 is 0 Å². The van der Waals surface area contributed by atoms with Gasteiger partial charge in [-0.1, -0.05) is 13.8 Å². The first-order valence-electron chi connectivity index (χ1n) is 8.38.